The summed E-state index contributed by atoms with van der Waals surface area (Å²) in [5, 5.41) is 0.111. The number of sulfonamides is 1. The maximum absolute atomic E-state index is 11.8. The van der Waals surface area contributed by atoms with E-state index >= 15 is 0 Å². The molecule has 1 N–H and O–H groups in total. The predicted molar refractivity (Wildman–Crippen MR) is 73.0 cm³/mol. The van der Waals surface area contributed by atoms with Crippen molar-refractivity contribution in [2.75, 3.05) is 18.1 Å². The lowest BCUT2D eigenvalue weighted by molar-refractivity contribution is 0.583. The van der Waals surface area contributed by atoms with Crippen LogP contribution in [0.25, 0.3) is 0 Å². The Balaban J connectivity index is 2.74. The average molecular weight is 331 g/mol. The van der Waals surface area contributed by atoms with Gasteiger partial charge in [0.25, 0.3) is 0 Å². The Kier molecular flexibility index (Phi) is 6.00. The quantitative estimate of drug-likeness (QED) is 0.800. The van der Waals surface area contributed by atoms with Crippen molar-refractivity contribution in [2.24, 2.45) is 0 Å². The molecule has 0 aliphatic carbocycles. The van der Waals surface area contributed by atoms with E-state index < -0.39 is 20.8 Å². The molecule has 1 aromatic rings. The van der Waals surface area contributed by atoms with Gasteiger partial charge in [-0.2, -0.15) is 0 Å². The van der Waals surface area contributed by atoms with Gasteiger partial charge in [-0.1, -0.05) is 30.1 Å². The maximum atomic E-state index is 11.8. The van der Waals surface area contributed by atoms with Gasteiger partial charge >= 0.3 is 0 Å². The van der Waals surface area contributed by atoms with Crippen molar-refractivity contribution >= 4 is 44.0 Å². The van der Waals surface area contributed by atoms with E-state index in [0.717, 1.165) is 6.20 Å². The van der Waals surface area contributed by atoms with Crippen LogP contribution in [0.5, 0.6) is 0 Å². The number of halogens is 2. The van der Waals surface area contributed by atoms with Crippen molar-refractivity contribution < 1.29 is 12.6 Å². The van der Waals surface area contributed by atoms with Crippen LogP contribution < -0.4 is 4.72 Å². The summed E-state index contributed by atoms with van der Waals surface area (Å²) in [5.41, 5.74) is 0. The Morgan fingerprint density at radius 2 is 2.11 bits per heavy atom. The first-order valence-electron chi connectivity index (χ1n) is 5.02. The maximum Gasteiger partial charge on any atom is 0.242 e. The average Bonchev–Trinajstić information content (AvgIpc) is 2.32. The molecule has 1 unspecified atom stereocenters. The van der Waals surface area contributed by atoms with Crippen molar-refractivity contribution in [1.29, 1.82) is 0 Å². The van der Waals surface area contributed by atoms with Gasteiger partial charge in [0.2, 0.25) is 10.0 Å². The van der Waals surface area contributed by atoms with Gasteiger partial charge in [-0.05, 0) is 6.07 Å². The van der Waals surface area contributed by atoms with Crippen molar-refractivity contribution in [3.63, 3.8) is 0 Å². The zero-order valence-corrected chi connectivity index (χ0v) is 12.7. The lowest BCUT2D eigenvalue weighted by Crippen LogP contribution is -2.28. The van der Waals surface area contributed by atoms with E-state index in [0.29, 0.717) is 5.75 Å². The number of hydrogen-bond acceptors (Lipinski definition) is 4. The molecule has 0 aliphatic heterocycles. The molecule has 0 amide bonds. The Labute approximate surface area is 118 Å². The first-order valence-corrected chi connectivity index (χ1v) is 8.75. The van der Waals surface area contributed by atoms with Crippen molar-refractivity contribution in [1.82, 2.24) is 9.71 Å². The van der Waals surface area contributed by atoms with E-state index in [4.69, 9.17) is 23.2 Å². The standard InChI is InChI=1S/C9H12Cl2N2O3S2/c1-2-17(14)4-3-13-18(15,16)7-5-8(10)9(11)12-6-7/h5-6,13H,2-4H2,1H3. The second kappa shape index (κ2) is 6.81. The smallest absolute Gasteiger partial charge is 0.242 e. The SMILES string of the molecule is CCS(=O)CCNS(=O)(=O)c1cnc(Cl)c(Cl)c1. The lowest BCUT2D eigenvalue weighted by atomic mass is 10.5. The van der Waals surface area contributed by atoms with Crippen LogP contribution in [0.4, 0.5) is 0 Å². The highest BCUT2D eigenvalue weighted by Gasteiger charge is 2.16. The Hall–Kier alpha value is -0.210. The highest BCUT2D eigenvalue weighted by Crippen LogP contribution is 2.21. The Morgan fingerprint density at radius 1 is 1.44 bits per heavy atom. The van der Waals surface area contributed by atoms with Crippen LogP contribution in [-0.4, -0.2) is 35.7 Å². The molecule has 0 saturated carbocycles. The van der Waals surface area contributed by atoms with Crippen molar-refractivity contribution in [3.8, 4) is 0 Å². The number of aromatic nitrogens is 1. The Morgan fingerprint density at radius 3 is 2.67 bits per heavy atom. The van der Waals surface area contributed by atoms with Gasteiger partial charge in [-0.3, -0.25) is 4.21 Å². The van der Waals surface area contributed by atoms with E-state index in [1.54, 1.807) is 6.92 Å². The summed E-state index contributed by atoms with van der Waals surface area (Å²) in [6, 6.07) is 1.22. The molecule has 0 aromatic carbocycles. The topological polar surface area (TPSA) is 76.1 Å². The highest BCUT2D eigenvalue weighted by atomic mass is 35.5. The fourth-order valence-electron chi connectivity index (χ4n) is 1.07. The fraction of sp³-hybridized carbons (Fsp3) is 0.444. The van der Waals surface area contributed by atoms with E-state index in [1.807, 2.05) is 0 Å². The van der Waals surface area contributed by atoms with Gasteiger partial charge < -0.3 is 0 Å². The van der Waals surface area contributed by atoms with Gasteiger partial charge in [0.05, 0.1) is 5.02 Å². The normalized spacial score (nSPS) is 13.5. The molecule has 18 heavy (non-hydrogen) atoms. The van der Waals surface area contributed by atoms with Gasteiger partial charge in [0, 0.05) is 35.0 Å². The molecule has 1 rings (SSSR count). The third-order valence-corrected chi connectivity index (χ3v) is 5.44. The summed E-state index contributed by atoms with van der Waals surface area (Å²) >= 11 is 11.3. The van der Waals surface area contributed by atoms with Crippen LogP contribution in [0.2, 0.25) is 10.2 Å². The van der Waals surface area contributed by atoms with Crippen molar-refractivity contribution in [3.05, 3.63) is 22.4 Å². The first kappa shape index (κ1) is 15.8. The second-order valence-electron chi connectivity index (χ2n) is 3.27. The molecule has 1 heterocycles. The lowest BCUT2D eigenvalue weighted by Gasteiger charge is -2.06. The molecule has 0 aliphatic rings. The van der Waals surface area contributed by atoms with Crippen LogP contribution in [-0.2, 0) is 20.8 Å². The molecule has 1 aromatic heterocycles. The van der Waals surface area contributed by atoms with Crippen LogP contribution in [0.15, 0.2) is 17.2 Å². The van der Waals surface area contributed by atoms with E-state index in [2.05, 4.69) is 9.71 Å². The molecule has 0 bridgehead atoms. The molecule has 5 nitrogen and oxygen atoms in total. The summed E-state index contributed by atoms with van der Waals surface area (Å²) in [7, 11) is -4.71. The van der Waals surface area contributed by atoms with Crippen LogP contribution in [0.1, 0.15) is 6.92 Å². The van der Waals surface area contributed by atoms with E-state index in [-0.39, 0.29) is 27.4 Å². The first-order chi connectivity index (χ1) is 8.36. The van der Waals surface area contributed by atoms with E-state index in [9.17, 15) is 12.6 Å². The third kappa shape index (κ3) is 4.47. The zero-order chi connectivity index (χ0) is 13.8. The molecule has 0 saturated heterocycles. The van der Waals surface area contributed by atoms with E-state index in [1.165, 1.54) is 6.07 Å². The van der Waals surface area contributed by atoms with Gasteiger partial charge in [0.15, 0.2) is 0 Å². The zero-order valence-electron chi connectivity index (χ0n) is 9.52. The Bertz CT molecular complexity index is 549. The number of nitrogens with zero attached hydrogens (tertiary/aromatic N) is 1. The number of pyridine rings is 1. The van der Waals surface area contributed by atoms with Crippen LogP contribution in [0, 0.1) is 0 Å². The molecule has 102 valence electrons. The molecule has 1 atom stereocenters. The van der Waals surface area contributed by atoms with Crippen LogP contribution in [0.3, 0.4) is 0 Å². The summed E-state index contributed by atoms with van der Waals surface area (Å²) in [4.78, 5) is 3.59. The van der Waals surface area contributed by atoms with Gasteiger partial charge in [-0.15, -0.1) is 0 Å². The number of rotatable bonds is 6. The predicted octanol–water partition coefficient (Wildman–Crippen LogP) is 1.44. The van der Waals surface area contributed by atoms with Gasteiger partial charge in [0.1, 0.15) is 10.0 Å². The third-order valence-electron chi connectivity index (χ3n) is 2.03. The summed E-state index contributed by atoms with van der Waals surface area (Å²) in [5.74, 6) is 0.764. The minimum atomic E-state index is -3.69. The molecule has 0 fully saturated rings. The number of nitrogens with one attached hydrogen (secondary N) is 1. The summed E-state index contributed by atoms with van der Waals surface area (Å²) < 4.78 is 37.1. The largest absolute Gasteiger partial charge is 0.260 e. The monoisotopic (exact) mass is 330 g/mol. The molecule has 0 spiro atoms. The molecule has 0 radical (unpaired) electrons. The summed E-state index contributed by atoms with van der Waals surface area (Å²) in [6.45, 7) is 1.87. The minimum absolute atomic E-state index is 0.0442. The molecule has 9 heteroatoms. The van der Waals surface area contributed by atoms with Crippen molar-refractivity contribution in [2.45, 2.75) is 11.8 Å². The number of hydrogen-bond donors (Lipinski definition) is 1. The minimum Gasteiger partial charge on any atom is -0.260 e. The van der Waals surface area contributed by atoms with Gasteiger partial charge in [-0.25, -0.2) is 18.1 Å². The molecular weight excluding hydrogens is 319 g/mol. The highest BCUT2D eigenvalue weighted by molar-refractivity contribution is 7.89. The second-order valence-corrected chi connectivity index (χ2v) is 7.67. The summed E-state index contributed by atoms with van der Waals surface area (Å²) in [6.07, 6.45) is 1.12. The molecular formula is C9H12Cl2N2O3S2. The van der Waals surface area contributed by atoms with Crippen LogP contribution >= 0.6 is 23.2 Å². The fourth-order valence-corrected chi connectivity index (χ4v) is 3.15.